The van der Waals surface area contributed by atoms with Gasteiger partial charge in [0.1, 0.15) is 5.75 Å². The van der Waals surface area contributed by atoms with E-state index in [1.807, 2.05) is 59.2 Å². The maximum atomic E-state index is 14.0. The second-order valence-corrected chi connectivity index (χ2v) is 9.14. The Hall–Kier alpha value is -4.29. The van der Waals surface area contributed by atoms with Crippen LogP contribution in [0.25, 0.3) is 16.9 Å². The Morgan fingerprint density at radius 2 is 1.92 bits per heavy atom. The zero-order valence-corrected chi connectivity index (χ0v) is 21.1. The number of anilines is 1. The van der Waals surface area contributed by atoms with Crippen molar-refractivity contribution in [3.63, 3.8) is 0 Å². The standard InChI is InChI=1S/C28H30N6O3/c1-3-4-16-32-24-25(30-27(32)31-15-9-11-21(29)19-31)34(22-12-6-5-7-13-22)28(36)33(26(24)35)18-20-10-8-14-23(17-20)37-2/h5-8,10,12-14,17,21H,9,11,15-16,18-19,29H2,1-2H3. The average Bonchev–Trinajstić information content (AvgIpc) is 3.30. The largest absolute Gasteiger partial charge is 0.497 e. The summed E-state index contributed by atoms with van der Waals surface area (Å²) in [7, 11) is 1.58. The average molecular weight is 499 g/mol. The third kappa shape index (κ3) is 4.63. The van der Waals surface area contributed by atoms with E-state index in [0.29, 0.717) is 35.1 Å². The fourth-order valence-electron chi connectivity index (χ4n) is 4.87. The van der Waals surface area contributed by atoms with E-state index in [9.17, 15) is 9.59 Å². The summed E-state index contributed by atoms with van der Waals surface area (Å²) in [6.07, 6.45) is 1.86. The van der Waals surface area contributed by atoms with Gasteiger partial charge in [-0.1, -0.05) is 36.3 Å². The number of hydrogen-bond donors (Lipinski definition) is 1. The predicted octanol–water partition coefficient (Wildman–Crippen LogP) is 2.36. The molecule has 2 aromatic carbocycles. The van der Waals surface area contributed by atoms with E-state index in [1.165, 1.54) is 9.13 Å². The minimum Gasteiger partial charge on any atom is -0.497 e. The number of nitrogens with two attached hydrogens (primary N) is 1. The molecule has 0 radical (unpaired) electrons. The van der Waals surface area contributed by atoms with Crippen LogP contribution in [0, 0.1) is 11.8 Å². The van der Waals surface area contributed by atoms with E-state index in [4.69, 9.17) is 15.5 Å². The Balaban J connectivity index is 1.81. The third-order valence-electron chi connectivity index (χ3n) is 6.65. The molecule has 190 valence electrons. The minimum atomic E-state index is -0.459. The number of imidazole rings is 1. The number of aromatic nitrogens is 4. The van der Waals surface area contributed by atoms with Gasteiger partial charge in [0, 0.05) is 19.1 Å². The lowest BCUT2D eigenvalue weighted by Gasteiger charge is -2.31. The summed E-state index contributed by atoms with van der Waals surface area (Å²) in [5.74, 6) is 7.26. The van der Waals surface area contributed by atoms with Gasteiger partial charge in [0.25, 0.3) is 5.56 Å². The monoisotopic (exact) mass is 498 g/mol. The maximum Gasteiger partial charge on any atom is 0.337 e. The first kappa shape index (κ1) is 24.4. The van der Waals surface area contributed by atoms with Crippen molar-refractivity contribution < 1.29 is 4.74 Å². The number of nitrogens with zero attached hydrogens (tertiary/aromatic N) is 5. The van der Waals surface area contributed by atoms with Crippen LogP contribution in [-0.2, 0) is 13.1 Å². The molecule has 0 amide bonds. The number of methoxy groups -OCH3 is 1. The molecule has 37 heavy (non-hydrogen) atoms. The first-order chi connectivity index (χ1) is 18.0. The zero-order valence-electron chi connectivity index (χ0n) is 21.1. The van der Waals surface area contributed by atoms with Gasteiger partial charge in [-0.2, -0.15) is 4.98 Å². The van der Waals surface area contributed by atoms with Crippen LogP contribution in [-0.4, -0.2) is 44.9 Å². The molecule has 1 unspecified atom stereocenters. The van der Waals surface area contributed by atoms with Gasteiger partial charge in [0.2, 0.25) is 5.95 Å². The Bertz CT molecular complexity index is 1610. The first-order valence-corrected chi connectivity index (χ1v) is 12.4. The molecule has 2 N–H and O–H groups in total. The SMILES string of the molecule is CC#CCn1c(N2CCCC(N)C2)nc2c1c(=O)n(Cc1cccc(OC)c1)c(=O)n2-c1ccccc1. The molecule has 3 heterocycles. The topological polar surface area (TPSA) is 100 Å². The number of ether oxygens (including phenoxy) is 1. The van der Waals surface area contributed by atoms with Gasteiger partial charge in [0.05, 0.1) is 25.9 Å². The number of rotatable bonds is 6. The van der Waals surface area contributed by atoms with E-state index in [0.717, 1.165) is 24.9 Å². The smallest absolute Gasteiger partial charge is 0.337 e. The third-order valence-corrected chi connectivity index (χ3v) is 6.65. The summed E-state index contributed by atoms with van der Waals surface area (Å²) >= 11 is 0. The van der Waals surface area contributed by atoms with Crippen molar-refractivity contribution in [2.24, 2.45) is 5.73 Å². The van der Waals surface area contributed by atoms with Crippen molar-refractivity contribution in [1.29, 1.82) is 0 Å². The second-order valence-electron chi connectivity index (χ2n) is 9.14. The van der Waals surface area contributed by atoms with Crippen LogP contribution in [0.2, 0.25) is 0 Å². The Labute approximate surface area is 214 Å². The van der Waals surface area contributed by atoms with Crippen LogP contribution >= 0.6 is 0 Å². The minimum absolute atomic E-state index is 0.0142. The van der Waals surface area contributed by atoms with Crippen molar-refractivity contribution in [2.45, 2.75) is 38.9 Å². The van der Waals surface area contributed by atoms with Gasteiger partial charge in [-0.15, -0.1) is 5.92 Å². The molecule has 9 nitrogen and oxygen atoms in total. The number of piperidine rings is 1. The Morgan fingerprint density at radius 3 is 2.65 bits per heavy atom. The molecule has 0 bridgehead atoms. The fourth-order valence-corrected chi connectivity index (χ4v) is 4.87. The zero-order chi connectivity index (χ0) is 25.9. The highest BCUT2D eigenvalue weighted by Crippen LogP contribution is 2.24. The van der Waals surface area contributed by atoms with Gasteiger partial charge in [-0.25, -0.2) is 9.36 Å². The number of para-hydroxylation sites is 1. The molecule has 1 fully saturated rings. The van der Waals surface area contributed by atoms with E-state index >= 15 is 0 Å². The van der Waals surface area contributed by atoms with Crippen molar-refractivity contribution >= 4 is 17.1 Å². The molecule has 1 aliphatic rings. The van der Waals surface area contributed by atoms with Crippen LogP contribution in [0.1, 0.15) is 25.3 Å². The second kappa shape index (κ2) is 10.4. The summed E-state index contributed by atoms with van der Waals surface area (Å²) in [6.45, 7) is 3.51. The van der Waals surface area contributed by atoms with Crippen LogP contribution in [0.15, 0.2) is 64.2 Å². The first-order valence-electron chi connectivity index (χ1n) is 12.4. The van der Waals surface area contributed by atoms with Gasteiger partial charge in [-0.05, 0) is 49.6 Å². The fraction of sp³-hybridized carbons (Fsp3) is 0.321. The molecule has 1 atom stereocenters. The van der Waals surface area contributed by atoms with E-state index < -0.39 is 11.2 Å². The van der Waals surface area contributed by atoms with Gasteiger partial charge in [0.15, 0.2) is 11.2 Å². The van der Waals surface area contributed by atoms with E-state index in [-0.39, 0.29) is 19.1 Å². The highest BCUT2D eigenvalue weighted by Gasteiger charge is 2.27. The number of fused-ring (bicyclic) bond motifs is 1. The lowest BCUT2D eigenvalue weighted by Crippen LogP contribution is -2.44. The van der Waals surface area contributed by atoms with Crippen LogP contribution < -0.4 is 26.6 Å². The highest BCUT2D eigenvalue weighted by molar-refractivity contribution is 5.76. The van der Waals surface area contributed by atoms with Gasteiger partial charge in [-0.3, -0.25) is 13.9 Å². The highest BCUT2D eigenvalue weighted by atomic mass is 16.5. The van der Waals surface area contributed by atoms with Crippen LogP contribution in [0.3, 0.4) is 0 Å². The molecular formula is C28H30N6O3. The van der Waals surface area contributed by atoms with Crippen molar-refractivity contribution in [2.75, 3.05) is 25.1 Å². The van der Waals surface area contributed by atoms with E-state index in [1.54, 1.807) is 14.0 Å². The molecule has 4 aromatic rings. The van der Waals surface area contributed by atoms with Crippen molar-refractivity contribution in [1.82, 2.24) is 18.7 Å². The number of hydrogen-bond acceptors (Lipinski definition) is 6. The Kier molecular flexibility index (Phi) is 6.84. The summed E-state index contributed by atoms with van der Waals surface area (Å²) in [4.78, 5) is 34.9. The molecule has 0 aliphatic carbocycles. The lowest BCUT2D eigenvalue weighted by atomic mass is 10.1. The number of benzene rings is 2. The van der Waals surface area contributed by atoms with Crippen molar-refractivity contribution in [3.05, 3.63) is 81.0 Å². The molecule has 1 aliphatic heterocycles. The van der Waals surface area contributed by atoms with Crippen LogP contribution in [0.4, 0.5) is 5.95 Å². The van der Waals surface area contributed by atoms with E-state index in [2.05, 4.69) is 16.7 Å². The normalized spacial score (nSPS) is 15.4. The summed E-state index contributed by atoms with van der Waals surface area (Å²) in [6, 6.07) is 16.6. The quantitative estimate of drug-likeness (QED) is 0.410. The molecule has 2 aromatic heterocycles. The molecule has 1 saturated heterocycles. The Morgan fingerprint density at radius 1 is 1.11 bits per heavy atom. The molecule has 9 heteroatoms. The van der Waals surface area contributed by atoms with Gasteiger partial charge >= 0.3 is 5.69 Å². The predicted molar refractivity (Wildman–Crippen MR) is 145 cm³/mol. The van der Waals surface area contributed by atoms with Crippen molar-refractivity contribution in [3.8, 4) is 23.3 Å². The molecular weight excluding hydrogens is 468 g/mol. The maximum absolute atomic E-state index is 14.0. The molecule has 0 saturated carbocycles. The summed E-state index contributed by atoms with van der Waals surface area (Å²) < 4.78 is 9.94. The van der Waals surface area contributed by atoms with Gasteiger partial charge < -0.3 is 15.4 Å². The molecule has 0 spiro atoms. The summed E-state index contributed by atoms with van der Waals surface area (Å²) in [5, 5.41) is 0. The summed E-state index contributed by atoms with van der Waals surface area (Å²) in [5.41, 5.74) is 7.47. The molecule has 5 rings (SSSR count). The van der Waals surface area contributed by atoms with Crippen LogP contribution in [0.5, 0.6) is 5.75 Å². The lowest BCUT2D eigenvalue weighted by molar-refractivity contribution is 0.414.